The predicted octanol–water partition coefficient (Wildman–Crippen LogP) is 2.16. The van der Waals surface area contributed by atoms with Crippen LogP contribution in [0.4, 0.5) is 0 Å². The lowest BCUT2D eigenvalue weighted by atomic mass is 10.1. The van der Waals surface area contributed by atoms with E-state index in [0.717, 1.165) is 24.1 Å². The minimum atomic E-state index is 0.491. The summed E-state index contributed by atoms with van der Waals surface area (Å²) in [6.45, 7) is 0.878. The first kappa shape index (κ1) is 9.49. The molecule has 0 unspecified atom stereocenters. The van der Waals surface area contributed by atoms with E-state index in [4.69, 9.17) is 16.0 Å². The van der Waals surface area contributed by atoms with Crippen LogP contribution in [-0.2, 0) is 6.42 Å². The van der Waals surface area contributed by atoms with Gasteiger partial charge in [-0.1, -0.05) is 6.07 Å². The summed E-state index contributed by atoms with van der Waals surface area (Å²) in [6, 6.07) is 6.53. The Kier molecular flexibility index (Phi) is 3.01. The van der Waals surface area contributed by atoms with Gasteiger partial charge in [-0.15, -0.1) is 11.6 Å². The Labute approximate surface area is 87.1 Å². The van der Waals surface area contributed by atoms with Gasteiger partial charge in [0.2, 0.25) is 0 Å². The molecule has 0 saturated heterocycles. The minimum Gasteiger partial charge on any atom is -0.443 e. The molecule has 0 radical (unpaired) electrons. The molecule has 0 atom stereocenters. The van der Waals surface area contributed by atoms with Crippen LogP contribution in [0.1, 0.15) is 5.56 Å². The third-order valence-corrected chi connectivity index (χ3v) is 2.27. The zero-order valence-corrected chi connectivity index (χ0v) is 8.42. The monoisotopic (exact) mass is 210 g/mol. The SMILES string of the molecule is ClCNCCc1ccc2ncoc2c1. The highest BCUT2D eigenvalue weighted by atomic mass is 35.5. The molecule has 14 heavy (non-hydrogen) atoms. The van der Waals surface area contributed by atoms with Crippen LogP contribution in [-0.4, -0.2) is 17.5 Å². The molecule has 1 N–H and O–H groups in total. The molecule has 74 valence electrons. The van der Waals surface area contributed by atoms with Crippen molar-refractivity contribution < 1.29 is 4.42 Å². The van der Waals surface area contributed by atoms with Crippen molar-refractivity contribution in [3.8, 4) is 0 Å². The molecule has 2 rings (SSSR count). The Bertz CT molecular complexity index is 413. The highest BCUT2D eigenvalue weighted by Crippen LogP contribution is 2.14. The number of alkyl halides is 1. The van der Waals surface area contributed by atoms with Gasteiger partial charge >= 0.3 is 0 Å². The largest absolute Gasteiger partial charge is 0.443 e. The summed E-state index contributed by atoms with van der Waals surface area (Å²) < 4.78 is 5.21. The van der Waals surface area contributed by atoms with Crippen molar-refractivity contribution in [3.05, 3.63) is 30.2 Å². The van der Waals surface area contributed by atoms with Crippen LogP contribution in [0, 0.1) is 0 Å². The van der Waals surface area contributed by atoms with Gasteiger partial charge in [0.25, 0.3) is 0 Å². The number of oxazole rings is 1. The lowest BCUT2D eigenvalue weighted by Gasteiger charge is -2.00. The molecule has 3 nitrogen and oxygen atoms in total. The van der Waals surface area contributed by atoms with Crippen molar-refractivity contribution >= 4 is 22.7 Å². The molecule has 0 bridgehead atoms. The fourth-order valence-electron chi connectivity index (χ4n) is 1.35. The lowest BCUT2D eigenvalue weighted by molar-refractivity contribution is 0.601. The molecule has 1 aromatic carbocycles. The Hall–Kier alpha value is -1.06. The fourth-order valence-corrected chi connectivity index (χ4v) is 1.49. The van der Waals surface area contributed by atoms with E-state index in [1.54, 1.807) is 0 Å². The van der Waals surface area contributed by atoms with Gasteiger partial charge in [-0.3, -0.25) is 0 Å². The quantitative estimate of drug-likeness (QED) is 0.478. The third-order valence-electron chi connectivity index (χ3n) is 2.08. The third kappa shape index (κ3) is 2.05. The number of nitrogens with one attached hydrogen (secondary N) is 1. The summed E-state index contributed by atoms with van der Waals surface area (Å²) in [5.41, 5.74) is 2.97. The first-order chi connectivity index (χ1) is 6.90. The normalized spacial score (nSPS) is 10.9. The molecule has 0 saturated carbocycles. The zero-order valence-electron chi connectivity index (χ0n) is 7.66. The van der Waals surface area contributed by atoms with E-state index >= 15 is 0 Å². The summed E-state index contributed by atoms with van der Waals surface area (Å²) >= 11 is 5.51. The molecular formula is C10H11ClN2O. The van der Waals surface area contributed by atoms with Crippen LogP contribution >= 0.6 is 11.6 Å². The highest BCUT2D eigenvalue weighted by Gasteiger charge is 1.99. The van der Waals surface area contributed by atoms with Crippen LogP contribution < -0.4 is 5.32 Å². The summed E-state index contributed by atoms with van der Waals surface area (Å²) in [4.78, 5) is 4.05. The van der Waals surface area contributed by atoms with Crippen LogP contribution in [0.25, 0.3) is 11.1 Å². The first-order valence-electron chi connectivity index (χ1n) is 4.49. The van der Waals surface area contributed by atoms with E-state index in [1.807, 2.05) is 12.1 Å². The fraction of sp³-hybridized carbons (Fsp3) is 0.300. The molecule has 4 heteroatoms. The average Bonchev–Trinajstić information content (AvgIpc) is 2.65. The topological polar surface area (TPSA) is 38.1 Å². The van der Waals surface area contributed by atoms with Crippen molar-refractivity contribution in [2.75, 3.05) is 12.5 Å². The first-order valence-corrected chi connectivity index (χ1v) is 5.02. The molecule has 0 spiro atoms. The maximum Gasteiger partial charge on any atom is 0.181 e. The summed E-state index contributed by atoms with van der Waals surface area (Å²) in [5, 5.41) is 3.06. The molecule has 0 aliphatic carbocycles. The molecule has 0 fully saturated rings. The predicted molar refractivity (Wildman–Crippen MR) is 56.4 cm³/mol. The average molecular weight is 211 g/mol. The van der Waals surface area contributed by atoms with E-state index < -0.39 is 0 Å². The number of hydrogen-bond acceptors (Lipinski definition) is 3. The number of halogens is 1. The molecule has 1 heterocycles. The second kappa shape index (κ2) is 4.44. The maximum atomic E-state index is 5.51. The van der Waals surface area contributed by atoms with Gasteiger partial charge in [-0.05, 0) is 24.1 Å². The highest BCUT2D eigenvalue weighted by molar-refractivity contribution is 6.17. The van der Waals surface area contributed by atoms with Gasteiger partial charge in [-0.2, -0.15) is 0 Å². The number of aromatic nitrogens is 1. The van der Waals surface area contributed by atoms with E-state index in [9.17, 15) is 0 Å². The summed E-state index contributed by atoms with van der Waals surface area (Å²) in [5.74, 6) is 0. The number of fused-ring (bicyclic) bond motifs is 1. The van der Waals surface area contributed by atoms with Crippen molar-refractivity contribution in [2.45, 2.75) is 6.42 Å². The van der Waals surface area contributed by atoms with Crippen molar-refractivity contribution in [1.82, 2.24) is 10.3 Å². The van der Waals surface area contributed by atoms with Crippen molar-refractivity contribution in [3.63, 3.8) is 0 Å². The van der Waals surface area contributed by atoms with Gasteiger partial charge < -0.3 is 9.73 Å². The Morgan fingerprint density at radius 3 is 3.21 bits per heavy atom. The summed E-state index contributed by atoms with van der Waals surface area (Å²) in [7, 11) is 0. The Morgan fingerprint density at radius 1 is 1.43 bits per heavy atom. The van der Waals surface area contributed by atoms with Gasteiger partial charge in [-0.25, -0.2) is 4.98 Å². The number of nitrogens with zero attached hydrogens (tertiary/aromatic N) is 1. The van der Waals surface area contributed by atoms with E-state index in [0.29, 0.717) is 6.00 Å². The smallest absolute Gasteiger partial charge is 0.181 e. The van der Waals surface area contributed by atoms with Crippen LogP contribution in [0.3, 0.4) is 0 Å². The van der Waals surface area contributed by atoms with Crippen LogP contribution in [0.15, 0.2) is 29.0 Å². The van der Waals surface area contributed by atoms with E-state index in [2.05, 4.69) is 16.4 Å². The minimum absolute atomic E-state index is 0.491. The number of hydrogen-bond donors (Lipinski definition) is 1. The van der Waals surface area contributed by atoms with E-state index in [-0.39, 0.29) is 0 Å². The van der Waals surface area contributed by atoms with E-state index in [1.165, 1.54) is 12.0 Å². The Morgan fingerprint density at radius 2 is 2.36 bits per heavy atom. The standard InChI is InChI=1S/C10H11ClN2O/c11-6-12-4-3-8-1-2-9-10(5-8)14-7-13-9/h1-2,5,7,12H,3-4,6H2. The summed E-state index contributed by atoms with van der Waals surface area (Å²) in [6.07, 6.45) is 2.41. The molecule has 0 aliphatic heterocycles. The number of benzene rings is 1. The van der Waals surface area contributed by atoms with Crippen molar-refractivity contribution in [2.24, 2.45) is 0 Å². The molecule has 0 aliphatic rings. The second-order valence-corrected chi connectivity index (χ2v) is 3.31. The molecular weight excluding hydrogens is 200 g/mol. The Balaban J connectivity index is 2.10. The van der Waals surface area contributed by atoms with Gasteiger partial charge in [0, 0.05) is 6.54 Å². The lowest BCUT2D eigenvalue weighted by Crippen LogP contribution is -2.14. The number of rotatable bonds is 4. The maximum absolute atomic E-state index is 5.51. The van der Waals surface area contributed by atoms with Gasteiger partial charge in [0.05, 0.1) is 6.00 Å². The zero-order chi connectivity index (χ0) is 9.80. The molecule has 0 amide bonds. The van der Waals surface area contributed by atoms with Gasteiger partial charge in [0.1, 0.15) is 5.52 Å². The second-order valence-electron chi connectivity index (χ2n) is 3.04. The molecule has 2 aromatic rings. The van der Waals surface area contributed by atoms with Crippen molar-refractivity contribution in [1.29, 1.82) is 0 Å². The van der Waals surface area contributed by atoms with Crippen LogP contribution in [0.2, 0.25) is 0 Å². The van der Waals surface area contributed by atoms with Gasteiger partial charge in [0.15, 0.2) is 12.0 Å². The van der Waals surface area contributed by atoms with Crippen LogP contribution in [0.5, 0.6) is 0 Å². The molecule has 1 aromatic heterocycles.